The number of benzene rings is 2. The lowest BCUT2D eigenvalue weighted by molar-refractivity contribution is -0.155. The molecule has 15 heteroatoms. The number of aromatic nitrogens is 2. The number of carbonyl (C=O) groups excluding carboxylic acids is 5. The van der Waals surface area contributed by atoms with Crippen molar-refractivity contribution in [1.82, 2.24) is 40.0 Å². The lowest BCUT2D eigenvalue weighted by Crippen LogP contribution is -2.62. The summed E-state index contributed by atoms with van der Waals surface area (Å²) in [5.41, 5.74) is 9.93. The highest BCUT2D eigenvalue weighted by Gasteiger charge is 2.43. The molecule has 7 rings (SSSR count). The van der Waals surface area contributed by atoms with Gasteiger partial charge in [0.1, 0.15) is 18.1 Å². The number of esters is 1. The van der Waals surface area contributed by atoms with E-state index in [2.05, 4.69) is 84.3 Å². The predicted molar refractivity (Wildman–Crippen MR) is 280 cm³/mol. The van der Waals surface area contributed by atoms with Crippen molar-refractivity contribution in [3.05, 3.63) is 77.6 Å². The van der Waals surface area contributed by atoms with E-state index in [1.54, 1.807) is 25.3 Å². The molecule has 15 nitrogen and oxygen atoms in total. The zero-order valence-corrected chi connectivity index (χ0v) is 44.7. The van der Waals surface area contributed by atoms with Crippen molar-refractivity contribution >= 4 is 40.5 Å². The summed E-state index contributed by atoms with van der Waals surface area (Å²) < 4.78 is 14.3. The third kappa shape index (κ3) is 11.4. The Bertz CT molecular complexity index is 2750. The topological polar surface area (TPSA) is 159 Å². The van der Waals surface area contributed by atoms with E-state index in [-0.39, 0.29) is 49.3 Å². The fourth-order valence-electron chi connectivity index (χ4n) is 10.4. The summed E-state index contributed by atoms with van der Waals surface area (Å²) >= 11 is 0. The van der Waals surface area contributed by atoms with E-state index >= 15 is 0 Å². The number of hydrazine groups is 1. The fraction of sp³-hybridized carbons (Fsp3) is 0.544. The number of likely N-dealkylation sites (N-methyl/N-ethyl adjacent to an activating group) is 1. The number of cyclic esters (lactones) is 1. The summed E-state index contributed by atoms with van der Waals surface area (Å²) in [5.74, 6) is 2.85. The van der Waals surface area contributed by atoms with Crippen LogP contribution >= 0.6 is 0 Å². The number of likely N-dealkylation sites (tertiary alicyclic amines) is 1. The maximum atomic E-state index is 14.8. The third-order valence-electron chi connectivity index (χ3n) is 15.1. The molecule has 6 atom stereocenters. The van der Waals surface area contributed by atoms with Crippen LogP contribution in [-0.4, -0.2) is 137 Å². The average Bonchev–Trinajstić information content (AvgIpc) is 3.89. The highest BCUT2D eigenvalue weighted by atomic mass is 16.5. The zero-order chi connectivity index (χ0) is 52.4. The number of rotatable bonds is 10. The largest absolute Gasteiger partial charge is 0.464 e. The molecule has 2 aromatic heterocycles. The number of amides is 4. The van der Waals surface area contributed by atoms with E-state index in [0.29, 0.717) is 38.9 Å². The van der Waals surface area contributed by atoms with Gasteiger partial charge in [-0.15, -0.1) is 0 Å². The number of pyridine rings is 1. The van der Waals surface area contributed by atoms with E-state index in [4.69, 9.17) is 14.5 Å². The van der Waals surface area contributed by atoms with Crippen molar-refractivity contribution in [2.24, 2.45) is 23.2 Å². The van der Waals surface area contributed by atoms with Gasteiger partial charge >= 0.3 is 5.97 Å². The standard InChI is InChI=1S/C57H76N8O7/c1-14-64-47-23-22-40-30-42(47)43(51(64)41-20-16-26-58-49(41)37(5)71-13)31-56(6,7)34-72-55(70)45-21-17-27-65(60-45)54(69)46(29-38-18-15-19-39(40)28-38)59-52(67)50(35(2)3)62(12)53(68)44-33-63(32-36(44)4)48(66)24-25-57(8,9)61(10)11/h15-16,18-20,22-23,26,28,30,35-37,44-46,50,60H,14,17,21,27,29,31-34H2,1-13H3,(H,59,67)/t36-,37-,44+,45-,46-,50?/m0/s1. The van der Waals surface area contributed by atoms with E-state index < -0.39 is 52.8 Å². The summed E-state index contributed by atoms with van der Waals surface area (Å²) in [6, 6.07) is 15.8. The first-order valence-electron chi connectivity index (χ1n) is 25.6. The number of nitrogens with zero attached hydrogens (tertiary/aromatic N) is 6. The smallest absolute Gasteiger partial charge is 0.324 e. The molecule has 0 saturated carbocycles. The molecule has 2 aromatic carbocycles. The van der Waals surface area contributed by atoms with E-state index in [0.717, 1.165) is 50.1 Å². The van der Waals surface area contributed by atoms with E-state index in [9.17, 15) is 24.0 Å². The summed E-state index contributed by atoms with van der Waals surface area (Å²) in [5, 5.41) is 5.61. The lowest BCUT2D eigenvalue weighted by Gasteiger charge is -2.37. The molecular weight excluding hydrogens is 909 g/mol. The van der Waals surface area contributed by atoms with E-state index in [1.165, 1.54) is 9.91 Å². The molecule has 4 amide bonds. The van der Waals surface area contributed by atoms with Crippen LogP contribution in [0.15, 0.2) is 60.8 Å². The summed E-state index contributed by atoms with van der Waals surface area (Å²) in [6.07, 6.45) is 3.26. The minimum Gasteiger partial charge on any atom is -0.464 e. The second kappa shape index (κ2) is 22.0. The number of hydrogen-bond donors (Lipinski definition) is 2. The van der Waals surface area contributed by atoms with Crippen molar-refractivity contribution in [2.45, 2.75) is 124 Å². The molecule has 3 aliphatic heterocycles. The van der Waals surface area contributed by atoms with Gasteiger partial charge in [0, 0.05) is 74.8 Å². The van der Waals surface area contributed by atoms with Gasteiger partial charge in [-0.1, -0.05) is 70.9 Å². The van der Waals surface area contributed by atoms with Gasteiger partial charge in [0.05, 0.1) is 35.6 Å². The van der Waals surface area contributed by atoms with Gasteiger partial charge in [-0.25, -0.2) is 5.43 Å². The number of aryl methyl sites for hydroxylation is 1. The van der Waals surface area contributed by atoms with Gasteiger partial charge in [-0.2, -0.15) is 0 Å². The Hall–Kier alpha value is -6.08. The van der Waals surface area contributed by atoms with Gasteiger partial charge in [0.15, 0.2) is 0 Å². The van der Waals surface area contributed by atoms with Crippen LogP contribution in [0.1, 0.15) is 98.1 Å². The second-order valence-electron chi connectivity index (χ2n) is 22.0. The molecule has 0 aliphatic carbocycles. The maximum Gasteiger partial charge on any atom is 0.324 e. The maximum absolute atomic E-state index is 14.8. The Kier molecular flexibility index (Phi) is 16.4. The van der Waals surface area contributed by atoms with Gasteiger partial charge in [-0.05, 0) is 125 Å². The van der Waals surface area contributed by atoms with Crippen LogP contribution in [0, 0.1) is 35.0 Å². The molecule has 4 aromatic rings. The first-order valence-corrected chi connectivity index (χ1v) is 25.6. The van der Waals surface area contributed by atoms with E-state index in [1.807, 2.05) is 78.7 Å². The molecule has 2 N–H and O–H groups in total. The quantitative estimate of drug-likeness (QED) is 0.130. The Morgan fingerprint density at radius 1 is 1.03 bits per heavy atom. The average molecular weight is 985 g/mol. The minimum absolute atomic E-state index is 0.130. The Morgan fingerprint density at radius 3 is 2.46 bits per heavy atom. The van der Waals surface area contributed by atoms with Gasteiger partial charge in [0.25, 0.3) is 11.8 Å². The number of carbonyl (C=O) groups is 5. The van der Waals surface area contributed by atoms with Crippen LogP contribution in [0.3, 0.4) is 0 Å². The highest BCUT2D eigenvalue weighted by Crippen LogP contribution is 2.42. The lowest BCUT2D eigenvalue weighted by atomic mass is 9.84. The number of methoxy groups -OCH3 is 1. The molecule has 3 aliphatic rings. The van der Waals surface area contributed by atoms with Crippen LogP contribution < -0.4 is 10.7 Å². The van der Waals surface area contributed by atoms with Gasteiger partial charge in [-0.3, -0.25) is 38.9 Å². The van der Waals surface area contributed by atoms with Crippen molar-refractivity contribution in [3.63, 3.8) is 0 Å². The number of hydrogen-bond acceptors (Lipinski definition) is 10. The van der Waals surface area contributed by atoms with Crippen molar-refractivity contribution in [3.8, 4) is 34.2 Å². The number of ether oxygens (including phenoxy) is 2. The van der Waals surface area contributed by atoms with Crippen LogP contribution in [0.5, 0.6) is 0 Å². The van der Waals surface area contributed by atoms with Crippen molar-refractivity contribution < 1.29 is 33.4 Å². The highest BCUT2D eigenvalue weighted by molar-refractivity contribution is 5.97. The fourth-order valence-corrected chi connectivity index (χ4v) is 10.4. The van der Waals surface area contributed by atoms with Crippen molar-refractivity contribution in [2.75, 3.05) is 54.5 Å². The molecule has 6 bridgehead atoms. The Balaban J connectivity index is 1.24. The molecule has 386 valence electrons. The van der Waals surface area contributed by atoms with Crippen LogP contribution in [0.2, 0.25) is 0 Å². The first kappa shape index (κ1) is 53.7. The summed E-state index contributed by atoms with van der Waals surface area (Å²) in [6.45, 7) is 19.6. The van der Waals surface area contributed by atoms with Crippen LogP contribution in [0.4, 0.5) is 0 Å². The number of fused-ring (bicyclic) bond motifs is 6. The third-order valence-corrected chi connectivity index (χ3v) is 15.1. The molecule has 5 heterocycles. The van der Waals surface area contributed by atoms with Crippen LogP contribution in [0.25, 0.3) is 33.3 Å². The first-order chi connectivity index (χ1) is 34.0. The zero-order valence-electron chi connectivity index (χ0n) is 44.7. The molecule has 0 radical (unpaired) electrons. The second-order valence-corrected chi connectivity index (χ2v) is 22.0. The Morgan fingerprint density at radius 2 is 1.76 bits per heavy atom. The molecule has 2 saturated heterocycles. The SMILES string of the molecule is CCn1c(-c2cccnc2[C@H](C)OC)c2c3cc(ccc31)-c1cccc(c1)C[C@H](NC(=O)C(C(C)C)N(C)C(=O)[C@@H]1CN(C(=O)C#CC(C)(C)N(C)C)C[C@@H]1C)C(=O)N1CCC[C@H](N1)C(=O)OCC(C)(C)C2. The molecule has 1 unspecified atom stereocenters. The van der Waals surface area contributed by atoms with Gasteiger partial charge in [0.2, 0.25) is 11.8 Å². The normalized spacial score (nSPS) is 21.4. The number of nitrogens with one attached hydrogen (secondary N) is 2. The van der Waals surface area contributed by atoms with Crippen molar-refractivity contribution in [1.29, 1.82) is 0 Å². The molecule has 2 fully saturated rings. The summed E-state index contributed by atoms with van der Waals surface area (Å²) in [7, 11) is 7.12. The van der Waals surface area contributed by atoms with Gasteiger partial charge < -0.3 is 29.2 Å². The molecule has 0 spiro atoms. The predicted octanol–water partition coefficient (Wildman–Crippen LogP) is 6.67. The minimum atomic E-state index is -1.07. The molecular formula is C57H76N8O7. The summed E-state index contributed by atoms with van der Waals surface area (Å²) in [4.78, 5) is 81.2. The monoisotopic (exact) mass is 985 g/mol. The molecule has 72 heavy (non-hydrogen) atoms. The van der Waals surface area contributed by atoms with Crippen LogP contribution in [-0.2, 0) is 52.8 Å². The Labute approximate surface area is 426 Å².